The van der Waals surface area contributed by atoms with Crippen LogP contribution in [0.5, 0.6) is 0 Å². The third-order valence-electron chi connectivity index (χ3n) is 3.23. The van der Waals surface area contributed by atoms with Crippen molar-refractivity contribution in [3.8, 4) is 5.69 Å². The van der Waals surface area contributed by atoms with Crippen molar-refractivity contribution in [2.45, 2.75) is 6.92 Å². The minimum absolute atomic E-state index is 0. The molecule has 2 rings (SSSR count). The van der Waals surface area contributed by atoms with Crippen LogP contribution in [0.2, 0.25) is 5.02 Å². The number of hydrogen-bond acceptors (Lipinski definition) is 5. The van der Waals surface area contributed by atoms with Gasteiger partial charge in [0.05, 0.1) is 18.0 Å². The minimum atomic E-state index is -0.246. The molecule has 0 spiro atoms. The Hall–Kier alpha value is -1.67. The summed E-state index contributed by atoms with van der Waals surface area (Å²) in [6, 6.07) is 7.23. The van der Waals surface area contributed by atoms with Crippen LogP contribution in [0.1, 0.15) is 16.2 Å². The molecule has 0 radical (unpaired) electrons. The molecule has 0 saturated carbocycles. The molecule has 1 aromatic carbocycles. The molecule has 9 heteroatoms. The van der Waals surface area contributed by atoms with Gasteiger partial charge in [0.25, 0.3) is 5.91 Å². The Morgan fingerprint density at radius 1 is 1.33 bits per heavy atom. The number of carbonyl (C=O) groups excluding carboxylic acids is 1. The molecular weight excluding hydrogens is 353 g/mol. The first kappa shape index (κ1) is 20.4. The van der Waals surface area contributed by atoms with Gasteiger partial charge in [0.1, 0.15) is 0 Å². The van der Waals surface area contributed by atoms with Gasteiger partial charge in [0.2, 0.25) is 0 Å². The fourth-order valence-corrected chi connectivity index (χ4v) is 2.22. The number of benzene rings is 1. The van der Waals surface area contributed by atoms with E-state index in [0.29, 0.717) is 36.1 Å². The van der Waals surface area contributed by atoms with Crippen LogP contribution >= 0.6 is 24.0 Å². The lowest BCUT2D eigenvalue weighted by atomic mass is 10.3. The standard InChI is InChI=1S/C15H20ClN5O2.ClH/c1-11-14(15(22)18-7-6-17-8-9-23-2)19-20-21(11)13-5-3-4-12(16)10-13;/h3-5,10,17H,6-9H2,1-2H3,(H,18,22);1H. The van der Waals surface area contributed by atoms with Crippen LogP contribution in [0.3, 0.4) is 0 Å². The fourth-order valence-electron chi connectivity index (χ4n) is 2.04. The Morgan fingerprint density at radius 2 is 2.12 bits per heavy atom. The van der Waals surface area contributed by atoms with Crippen molar-refractivity contribution in [3.05, 3.63) is 40.7 Å². The van der Waals surface area contributed by atoms with Gasteiger partial charge in [0, 0.05) is 31.8 Å². The van der Waals surface area contributed by atoms with Crippen LogP contribution in [-0.4, -0.2) is 54.3 Å². The smallest absolute Gasteiger partial charge is 0.273 e. The van der Waals surface area contributed by atoms with Gasteiger partial charge in [-0.05, 0) is 25.1 Å². The second-order valence-corrected chi connectivity index (χ2v) is 5.35. The van der Waals surface area contributed by atoms with Gasteiger partial charge in [-0.25, -0.2) is 4.68 Å². The van der Waals surface area contributed by atoms with Crippen molar-refractivity contribution in [1.29, 1.82) is 0 Å². The number of rotatable bonds is 8. The molecule has 132 valence electrons. The lowest BCUT2D eigenvalue weighted by molar-refractivity contribution is 0.0948. The molecule has 1 aromatic heterocycles. The highest BCUT2D eigenvalue weighted by Gasteiger charge is 2.16. The summed E-state index contributed by atoms with van der Waals surface area (Å²) in [4.78, 5) is 12.2. The Bertz CT molecular complexity index is 663. The van der Waals surface area contributed by atoms with Crippen LogP contribution in [-0.2, 0) is 4.74 Å². The Balaban J connectivity index is 0.00000288. The highest BCUT2D eigenvalue weighted by Crippen LogP contribution is 2.16. The molecular formula is C15H21Cl2N5O2. The SMILES string of the molecule is COCCNCCNC(=O)c1nnn(-c2cccc(Cl)c2)c1C.Cl. The van der Waals surface area contributed by atoms with E-state index in [1.165, 1.54) is 0 Å². The van der Waals surface area contributed by atoms with Crippen molar-refractivity contribution >= 4 is 29.9 Å². The number of amides is 1. The zero-order chi connectivity index (χ0) is 16.7. The van der Waals surface area contributed by atoms with E-state index in [-0.39, 0.29) is 18.3 Å². The van der Waals surface area contributed by atoms with Gasteiger partial charge < -0.3 is 15.4 Å². The predicted molar refractivity (Wildman–Crippen MR) is 95.4 cm³/mol. The molecule has 0 unspecified atom stereocenters. The average Bonchev–Trinajstić information content (AvgIpc) is 2.92. The maximum atomic E-state index is 12.2. The summed E-state index contributed by atoms with van der Waals surface area (Å²) in [6.45, 7) is 4.35. The summed E-state index contributed by atoms with van der Waals surface area (Å²) in [6.07, 6.45) is 0. The van der Waals surface area contributed by atoms with Crippen LogP contribution in [0.15, 0.2) is 24.3 Å². The van der Waals surface area contributed by atoms with Gasteiger partial charge in [-0.3, -0.25) is 4.79 Å². The molecule has 7 nitrogen and oxygen atoms in total. The molecule has 0 saturated heterocycles. The van der Waals surface area contributed by atoms with Crippen LogP contribution in [0.4, 0.5) is 0 Å². The van der Waals surface area contributed by atoms with E-state index in [0.717, 1.165) is 12.2 Å². The van der Waals surface area contributed by atoms with Gasteiger partial charge in [-0.15, -0.1) is 17.5 Å². The maximum absolute atomic E-state index is 12.2. The predicted octanol–water partition coefficient (Wildman–Crippen LogP) is 1.62. The second kappa shape index (κ2) is 10.2. The van der Waals surface area contributed by atoms with E-state index in [9.17, 15) is 4.79 Å². The average molecular weight is 374 g/mol. The van der Waals surface area contributed by atoms with Gasteiger partial charge >= 0.3 is 0 Å². The molecule has 1 amide bonds. The van der Waals surface area contributed by atoms with Gasteiger partial charge in [-0.2, -0.15) is 0 Å². The van der Waals surface area contributed by atoms with Gasteiger partial charge in [0.15, 0.2) is 5.69 Å². The summed E-state index contributed by atoms with van der Waals surface area (Å²) in [7, 11) is 1.65. The third-order valence-corrected chi connectivity index (χ3v) is 3.47. The molecule has 0 bridgehead atoms. The highest BCUT2D eigenvalue weighted by molar-refractivity contribution is 6.30. The summed E-state index contributed by atoms with van der Waals surface area (Å²) in [5.74, 6) is -0.246. The molecule has 0 aliphatic rings. The van der Waals surface area contributed by atoms with Crippen LogP contribution < -0.4 is 10.6 Å². The first-order valence-electron chi connectivity index (χ1n) is 7.29. The normalized spacial score (nSPS) is 10.3. The zero-order valence-electron chi connectivity index (χ0n) is 13.6. The highest BCUT2D eigenvalue weighted by atomic mass is 35.5. The number of hydrogen-bond donors (Lipinski definition) is 2. The number of ether oxygens (including phenoxy) is 1. The number of carbonyl (C=O) groups is 1. The first-order chi connectivity index (χ1) is 11.1. The van der Waals surface area contributed by atoms with E-state index in [1.54, 1.807) is 30.8 Å². The monoisotopic (exact) mass is 373 g/mol. The number of halogens is 2. The summed E-state index contributed by atoms with van der Waals surface area (Å²) < 4.78 is 6.52. The van der Waals surface area contributed by atoms with Crippen molar-refractivity contribution < 1.29 is 9.53 Å². The maximum Gasteiger partial charge on any atom is 0.273 e. The molecule has 0 aliphatic heterocycles. The van der Waals surface area contributed by atoms with Crippen molar-refractivity contribution in [3.63, 3.8) is 0 Å². The topological polar surface area (TPSA) is 81.1 Å². The van der Waals surface area contributed by atoms with E-state index in [2.05, 4.69) is 20.9 Å². The molecule has 1 heterocycles. The largest absolute Gasteiger partial charge is 0.383 e. The molecule has 0 fully saturated rings. The molecule has 24 heavy (non-hydrogen) atoms. The second-order valence-electron chi connectivity index (χ2n) is 4.91. The number of nitrogens with one attached hydrogen (secondary N) is 2. The quantitative estimate of drug-likeness (QED) is 0.687. The van der Waals surface area contributed by atoms with Crippen LogP contribution in [0, 0.1) is 6.92 Å². The minimum Gasteiger partial charge on any atom is -0.383 e. The van der Waals surface area contributed by atoms with E-state index < -0.39 is 0 Å². The summed E-state index contributed by atoms with van der Waals surface area (Å²) >= 11 is 5.98. The zero-order valence-corrected chi connectivity index (χ0v) is 15.2. The molecule has 0 atom stereocenters. The van der Waals surface area contributed by atoms with Crippen molar-refractivity contribution in [1.82, 2.24) is 25.6 Å². The Kier molecular flexibility index (Phi) is 8.70. The van der Waals surface area contributed by atoms with Crippen LogP contribution in [0.25, 0.3) is 5.69 Å². The van der Waals surface area contributed by atoms with Gasteiger partial charge in [-0.1, -0.05) is 22.9 Å². The molecule has 2 N–H and O–H groups in total. The lowest BCUT2D eigenvalue weighted by Gasteiger charge is -2.06. The number of nitrogens with zero attached hydrogens (tertiary/aromatic N) is 3. The summed E-state index contributed by atoms with van der Waals surface area (Å²) in [5, 5.41) is 14.6. The van der Waals surface area contributed by atoms with E-state index >= 15 is 0 Å². The third kappa shape index (κ3) is 5.45. The fraction of sp³-hybridized carbons (Fsp3) is 0.400. The Labute approximate surface area is 152 Å². The number of aromatic nitrogens is 3. The molecule has 0 aliphatic carbocycles. The first-order valence-corrected chi connectivity index (χ1v) is 7.67. The van der Waals surface area contributed by atoms with E-state index in [4.69, 9.17) is 16.3 Å². The number of methoxy groups -OCH3 is 1. The Morgan fingerprint density at radius 3 is 2.83 bits per heavy atom. The summed E-state index contributed by atoms with van der Waals surface area (Å²) in [5.41, 5.74) is 1.74. The lowest BCUT2D eigenvalue weighted by Crippen LogP contribution is -2.33. The van der Waals surface area contributed by atoms with E-state index in [1.807, 2.05) is 12.1 Å². The van der Waals surface area contributed by atoms with Crippen molar-refractivity contribution in [2.75, 3.05) is 33.4 Å². The van der Waals surface area contributed by atoms with Crippen molar-refractivity contribution in [2.24, 2.45) is 0 Å². The molecule has 2 aromatic rings.